The van der Waals surface area contributed by atoms with Gasteiger partial charge in [0.1, 0.15) is 18.4 Å². The average molecular weight is 546 g/mol. The molecule has 0 saturated carbocycles. The van der Waals surface area contributed by atoms with Gasteiger partial charge in [0.05, 0.1) is 10.6 Å². The van der Waals surface area contributed by atoms with E-state index in [2.05, 4.69) is 5.32 Å². The zero-order chi connectivity index (χ0) is 27.0. The zero-order valence-corrected chi connectivity index (χ0v) is 22.2. The maximum atomic E-state index is 13.7. The second kappa shape index (κ2) is 12.7. The molecular weight excluding hydrogens is 517 g/mol. The molecule has 1 unspecified atom stereocenters. The van der Waals surface area contributed by atoms with E-state index in [9.17, 15) is 22.4 Å². The number of benzene rings is 3. The number of rotatable bonds is 11. The van der Waals surface area contributed by atoms with Crippen LogP contribution in [0.5, 0.6) is 0 Å². The molecule has 0 spiro atoms. The Morgan fingerprint density at radius 2 is 1.68 bits per heavy atom. The molecule has 1 atom stereocenters. The van der Waals surface area contributed by atoms with Crippen molar-refractivity contribution in [3.05, 3.63) is 95.3 Å². The number of hydrogen-bond donors (Lipinski definition) is 1. The summed E-state index contributed by atoms with van der Waals surface area (Å²) in [5.41, 5.74) is 0.791. The van der Waals surface area contributed by atoms with Crippen molar-refractivity contribution in [3.63, 3.8) is 0 Å². The van der Waals surface area contributed by atoms with Crippen LogP contribution in [0.4, 0.5) is 10.1 Å². The lowest BCUT2D eigenvalue weighted by atomic mass is 10.1. The highest BCUT2D eigenvalue weighted by atomic mass is 35.5. The van der Waals surface area contributed by atoms with Crippen LogP contribution in [0.3, 0.4) is 0 Å². The molecule has 1 N–H and O–H groups in total. The van der Waals surface area contributed by atoms with Crippen LogP contribution in [0.15, 0.2) is 83.8 Å². The number of nitrogens with one attached hydrogen (secondary N) is 1. The van der Waals surface area contributed by atoms with Crippen molar-refractivity contribution in [2.45, 2.75) is 37.8 Å². The van der Waals surface area contributed by atoms with E-state index in [1.807, 2.05) is 6.92 Å². The van der Waals surface area contributed by atoms with Crippen LogP contribution in [0.1, 0.15) is 25.8 Å². The minimum atomic E-state index is -4.16. The van der Waals surface area contributed by atoms with Crippen molar-refractivity contribution >= 4 is 39.1 Å². The zero-order valence-electron chi connectivity index (χ0n) is 20.6. The third kappa shape index (κ3) is 7.30. The Bertz CT molecular complexity index is 1320. The SMILES string of the molecule is CCCNC(=O)C(C)N(Cc1ccc(F)cc1)C(=O)CN(c1cccc(Cl)c1)S(=O)(=O)c1ccccc1. The number of amides is 2. The molecule has 2 amide bonds. The summed E-state index contributed by atoms with van der Waals surface area (Å²) in [6.45, 7) is 3.31. The highest BCUT2D eigenvalue weighted by molar-refractivity contribution is 7.92. The van der Waals surface area contributed by atoms with E-state index >= 15 is 0 Å². The molecule has 0 aliphatic rings. The van der Waals surface area contributed by atoms with E-state index in [0.717, 1.165) is 4.31 Å². The Morgan fingerprint density at radius 1 is 1.00 bits per heavy atom. The van der Waals surface area contributed by atoms with Crippen LogP contribution < -0.4 is 9.62 Å². The van der Waals surface area contributed by atoms with Gasteiger partial charge in [0, 0.05) is 18.1 Å². The van der Waals surface area contributed by atoms with Gasteiger partial charge in [0.15, 0.2) is 0 Å². The molecule has 10 heteroatoms. The summed E-state index contributed by atoms with van der Waals surface area (Å²) in [4.78, 5) is 27.8. The number of sulfonamides is 1. The smallest absolute Gasteiger partial charge is 0.264 e. The van der Waals surface area contributed by atoms with Gasteiger partial charge in [0.2, 0.25) is 11.8 Å². The normalized spacial score (nSPS) is 12.0. The summed E-state index contributed by atoms with van der Waals surface area (Å²) in [7, 11) is -4.16. The summed E-state index contributed by atoms with van der Waals surface area (Å²) in [6, 6.07) is 18.6. The molecule has 37 heavy (non-hydrogen) atoms. The first-order valence-electron chi connectivity index (χ1n) is 11.8. The summed E-state index contributed by atoms with van der Waals surface area (Å²) < 4.78 is 41.7. The van der Waals surface area contributed by atoms with Gasteiger partial charge >= 0.3 is 0 Å². The quantitative estimate of drug-likeness (QED) is 0.381. The fraction of sp³-hybridized carbons (Fsp3) is 0.259. The minimum absolute atomic E-state index is 0.00148. The first kappa shape index (κ1) is 28.1. The van der Waals surface area contributed by atoms with Crippen LogP contribution in [0, 0.1) is 5.82 Å². The van der Waals surface area contributed by atoms with Gasteiger partial charge < -0.3 is 10.2 Å². The molecule has 0 radical (unpaired) electrons. The molecule has 0 bridgehead atoms. The first-order chi connectivity index (χ1) is 17.6. The molecule has 0 saturated heterocycles. The second-order valence-corrected chi connectivity index (χ2v) is 10.7. The van der Waals surface area contributed by atoms with E-state index in [0.29, 0.717) is 23.6 Å². The Hall–Kier alpha value is -3.43. The standard InChI is InChI=1S/C27H29ClFN3O4S/c1-3-16-30-27(34)20(2)31(18-21-12-14-23(29)15-13-21)26(33)19-32(24-9-7-8-22(28)17-24)37(35,36)25-10-5-4-6-11-25/h4-15,17,20H,3,16,18-19H2,1-2H3,(H,30,34). The highest BCUT2D eigenvalue weighted by Gasteiger charge is 2.32. The number of halogens is 2. The Labute approximate surface area is 221 Å². The predicted molar refractivity (Wildman–Crippen MR) is 142 cm³/mol. The van der Waals surface area contributed by atoms with Crippen LogP contribution in [-0.2, 0) is 26.2 Å². The lowest BCUT2D eigenvalue weighted by Crippen LogP contribution is -2.51. The topological polar surface area (TPSA) is 86.8 Å². The molecule has 0 heterocycles. The molecular formula is C27H29ClFN3O4S. The summed E-state index contributed by atoms with van der Waals surface area (Å²) in [5, 5.41) is 3.07. The third-order valence-electron chi connectivity index (χ3n) is 5.69. The predicted octanol–water partition coefficient (Wildman–Crippen LogP) is 4.62. The van der Waals surface area contributed by atoms with Crippen molar-refractivity contribution in [3.8, 4) is 0 Å². The Kier molecular flexibility index (Phi) is 9.66. The summed E-state index contributed by atoms with van der Waals surface area (Å²) in [5.74, 6) is -1.42. The van der Waals surface area contributed by atoms with Crippen molar-refractivity contribution in [2.75, 3.05) is 17.4 Å². The molecule has 3 aromatic rings. The minimum Gasteiger partial charge on any atom is -0.354 e. The monoisotopic (exact) mass is 545 g/mol. The Balaban J connectivity index is 2.00. The van der Waals surface area contributed by atoms with Crippen molar-refractivity contribution in [2.24, 2.45) is 0 Å². The van der Waals surface area contributed by atoms with Crippen LogP contribution in [0.25, 0.3) is 0 Å². The molecule has 3 rings (SSSR count). The van der Waals surface area contributed by atoms with Gasteiger partial charge in [-0.1, -0.05) is 54.9 Å². The van der Waals surface area contributed by atoms with Crippen molar-refractivity contribution in [1.82, 2.24) is 10.2 Å². The number of nitrogens with zero attached hydrogens (tertiary/aromatic N) is 2. The lowest BCUT2D eigenvalue weighted by molar-refractivity contribution is -0.139. The van der Waals surface area contributed by atoms with E-state index in [1.165, 1.54) is 47.4 Å². The lowest BCUT2D eigenvalue weighted by Gasteiger charge is -2.32. The van der Waals surface area contributed by atoms with Gasteiger partial charge in [-0.05, 0) is 61.4 Å². The van der Waals surface area contributed by atoms with Crippen molar-refractivity contribution in [1.29, 1.82) is 0 Å². The molecule has 3 aromatic carbocycles. The maximum Gasteiger partial charge on any atom is 0.264 e. The van der Waals surface area contributed by atoms with Crippen LogP contribution in [-0.4, -0.2) is 44.3 Å². The second-order valence-electron chi connectivity index (χ2n) is 8.42. The van der Waals surface area contributed by atoms with Gasteiger partial charge in [-0.15, -0.1) is 0 Å². The van der Waals surface area contributed by atoms with Gasteiger partial charge in [-0.3, -0.25) is 13.9 Å². The molecule has 196 valence electrons. The van der Waals surface area contributed by atoms with Crippen LogP contribution in [0.2, 0.25) is 5.02 Å². The summed E-state index contributed by atoms with van der Waals surface area (Å²) in [6.07, 6.45) is 0.711. The number of hydrogen-bond acceptors (Lipinski definition) is 4. The van der Waals surface area contributed by atoms with Crippen molar-refractivity contribution < 1.29 is 22.4 Å². The third-order valence-corrected chi connectivity index (χ3v) is 7.71. The van der Waals surface area contributed by atoms with E-state index < -0.39 is 34.3 Å². The summed E-state index contributed by atoms with van der Waals surface area (Å²) >= 11 is 6.14. The molecule has 0 aliphatic heterocycles. The number of carbonyl (C=O) groups excluding carboxylic acids is 2. The number of carbonyl (C=O) groups is 2. The largest absolute Gasteiger partial charge is 0.354 e. The average Bonchev–Trinajstić information content (AvgIpc) is 2.89. The fourth-order valence-corrected chi connectivity index (χ4v) is 5.26. The van der Waals surface area contributed by atoms with Crippen LogP contribution >= 0.6 is 11.6 Å². The van der Waals surface area contributed by atoms with Gasteiger partial charge in [0.25, 0.3) is 10.0 Å². The maximum absolute atomic E-state index is 13.7. The molecule has 0 aromatic heterocycles. The first-order valence-corrected chi connectivity index (χ1v) is 13.6. The highest BCUT2D eigenvalue weighted by Crippen LogP contribution is 2.26. The fourth-order valence-electron chi connectivity index (χ4n) is 3.64. The van der Waals surface area contributed by atoms with Gasteiger partial charge in [-0.25, -0.2) is 12.8 Å². The molecule has 0 fully saturated rings. The van der Waals surface area contributed by atoms with E-state index in [4.69, 9.17) is 11.6 Å². The number of anilines is 1. The molecule has 7 nitrogen and oxygen atoms in total. The van der Waals surface area contributed by atoms with Gasteiger partial charge in [-0.2, -0.15) is 0 Å². The van der Waals surface area contributed by atoms with E-state index in [-0.39, 0.29) is 23.0 Å². The molecule has 0 aliphatic carbocycles. The Morgan fingerprint density at radius 3 is 2.30 bits per heavy atom. The van der Waals surface area contributed by atoms with E-state index in [1.54, 1.807) is 43.3 Å².